The van der Waals surface area contributed by atoms with Gasteiger partial charge in [0.1, 0.15) is 5.78 Å². The molecule has 0 saturated carbocycles. The molecule has 0 rings (SSSR count). The minimum Gasteiger partial charge on any atom is -0.396 e. The number of aliphatic hydroxyl groups excluding tert-OH is 1. The van der Waals surface area contributed by atoms with Crippen molar-refractivity contribution in [3.05, 3.63) is 0 Å². The molecule has 0 amide bonds. The predicted molar refractivity (Wildman–Crippen MR) is 84.5 cm³/mol. The van der Waals surface area contributed by atoms with Crippen molar-refractivity contribution in [2.45, 2.75) is 97.8 Å². The summed E-state index contributed by atoms with van der Waals surface area (Å²) in [5.41, 5.74) is 0. The van der Waals surface area contributed by atoms with Crippen molar-refractivity contribution in [1.29, 1.82) is 0 Å². The summed E-state index contributed by atoms with van der Waals surface area (Å²) in [5, 5.41) is 8.61. The van der Waals surface area contributed by atoms with Crippen LogP contribution in [0.5, 0.6) is 0 Å². The maximum Gasteiger partial charge on any atom is 0.126 e. The highest BCUT2D eigenvalue weighted by Gasteiger charge is 1.92. The molecule has 1 N–H and O–H groups in total. The standard InChI is InChI=1S/C14H30O.C3H6O/c1-2-3-4-5-6-7-8-9-10-11-12-13-14-15;1-3(2)4/h15H,2-14H2,1H3;1-2H3. The van der Waals surface area contributed by atoms with E-state index in [4.69, 9.17) is 5.11 Å². The lowest BCUT2D eigenvalue weighted by Crippen LogP contribution is -1.84. The molecule has 0 aliphatic heterocycles. The Morgan fingerprint density at radius 2 is 0.947 bits per heavy atom. The Hall–Kier alpha value is -0.370. The molecule has 0 heterocycles. The fourth-order valence-corrected chi connectivity index (χ4v) is 1.95. The molecule has 0 aromatic rings. The molecule has 0 radical (unpaired) electrons. The van der Waals surface area contributed by atoms with E-state index in [1.807, 2.05) is 0 Å². The van der Waals surface area contributed by atoms with Crippen LogP contribution in [0.1, 0.15) is 97.8 Å². The number of unbranched alkanes of at least 4 members (excludes halogenated alkanes) is 11. The topological polar surface area (TPSA) is 37.3 Å². The Morgan fingerprint density at radius 1 is 0.684 bits per heavy atom. The maximum atomic E-state index is 9.44. The summed E-state index contributed by atoms with van der Waals surface area (Å²) in [6.07, 6.45) is 16.2. The van der Waals surface area contributed by atoms with Gasteiger partial charge >= 0.3 is 0 Å². The quantitative estimate of drug-likeness (QED) is 0.491. The lowest BCUT2D eigenvalue weighted by Gasteiger charge is -2.01. The van der Waals surface area contributed by atoms with E-state index in [1.54, 1.807) is 0 Å². The SMILES string of the molecule is CC(C)=O.CCCCCCCCCCCCCCO. The monoisotopic (exact) mass is 272 g/mol. The van der Waals surface area contributed by atoms with E-state index in [2.05, 4.69) is 6.92 Å². The highest BCUT2D eigenvalue weighted by atomic mass is 16.2. The highest BCUT2D eigenvalue weighted by Crippen LogP contribution is 2.11. The molecule has 2 heteroatoms. The Kier molecular flexibility index (Phi) is 22.0. The number of carbonyl (C=O) groups excluding carboxylic acids is 1. The molecule has 0 bridgehead atoms. The van der Waals surface area contributed by atoms with Crippen LogP contribution in [0.3, 0.4) is 0 Å². The first-order valence-electron chi connectivity index (χ1n) is 8.23. The average Bonchev–Trinajstić information content (AvgIpc) is 2.35. The Labute approximate surface area is 121 Å². The van der Waals surface area contributed by atoms with Gasteiger partial charge in [-0.2, -0.15) is 0 Å². The molecule has 0 fully saturated rings. The number of carbonyl (C=O) groups is 1. The maximum absolute atomic E-state index is 9.44. The van der Waals surface area contributed by atoms with Gasteiger partial charge in [-0.05, 0) is 20.3 Å². The highest BCUT2D eigenvalue weighted by molar-refractivity contribution is 5.72. The molecule has 0 atom stereocenters. The van der Waals surface area contributed by atoms with E-state index >= 15 is 0 Å². The molecule has 0 aliphatic rings. The Balaban J connectivity index is 0. The third-order valence-corrected chi connectivity index (χ3v) is 3.01. The molecule has 116 valence electrons. The number of Topliss-reactive ketones (excluding diaryl/α,β-unsaturated/α-hetero) is 1. The van der Waals surface area contributed by atoms with Crippen molar-refractivity contribution < 1.29 is 9.90 Å². The lowest BCUT2D eigenvalue weighted by molar-refractivity contribution is -0.114. The first-order chi connectivity index (χ1) is 9.15. The van der Waals surface area contributed by atoms with E-state index in [1.165, 1.54) is 84.5 Å². The van der Waals surface area contributed by atoms with Crippen LogP contribution in [-0.2, 0) is 4.79 Å². The van der Waals surface area contributed by atoms with Gasteiger partial charge in [-0.25, -0.2) is 0 Å². The first-order valence-corrected chi connectivity index (χ1v) is 8.23. The Bertz CT molecular complexity index is 151. The molecular weight excluding hydrogens is 236 g/mol. The number of rotatable bonds is 12. The van der Waals surface area contributed by atoms with E-state index in [9.17, 15) is 4.79 Å². The van der Waals surface area contributed by atoms with Crippen LogP contribution in [0.25, 0.3) is 0 Å². The van der Waals surface area contributed by atoms with Crippen molar-refractivity contribution in [3.8, 4) is 0 Å². The summed E-state index contributed by atoms with van der Waals surface area (Å²) in [5.74, 6) is 0.167. The smallest absolute Gasteiger partial charge is 0.126 e. The van der Waals surface area contributed by atoms with Gasteiger partial charge in [-0.1, -0.05) is 77.6 Å². The van der Waals surface area contributed by atoms with Crippen molar-refractivity contribution >= 4 is 5.78 Å². The van der Waals surface area contributed by atoms with Gasteiger partial charge in [0.25, 0.3) is 0 Å². The zero-order valence-electron chi connectivity index (χ0n) is 13.5. The van der Waals surface area contributed by atoms with Gasteiger partial charge in [-0.15, -0.1) is 0 Å². The van der Waals surface area contributed by atoms with Crippen LogP contribution in [-0.4, -0.2) is 17.5 Å². The van der Waals surface area contributed by atoms with Crippen LogP contribution < -0.4 is 0 Å². The molecule has 0 aromatic carbocycles. The fourth-order valence-electron chi connectivity index (χ4n) is 1.95. The molecule has 2 nitrogen and oxygen atoms in total. The first kappa shape index (κ1) is 20.9. The average molecular weight is 272 g/mol. The predicted octanol–water partition coefficient (Wildman–Crippen LogP) is 5.28. The number of hydrogen-bond acceptors (Lipinski definition) is 2. The zero-order chi connectivity index (χ0) is 14.8. The summed E-state index contributed by atoms with van der Waals surface area (Å²) in [4.78, 5) is 9.44. The number of aliphatic hydroxyl groups is 1. The second-order valence-electron chi connectivity index (χ2n) is 5.52. The van der Waals surface area contributed by atoms with Crippen molar-refractivity contribution in [1.82, 2.24) is 0 Å². The van der Waals surface area contributed by atoms with Crippen LogP contribution in [0, 0.1) is 0 Å². The molecule has 0 unspecified atom stereocenters. The van der Waals surface area contributed by atoms with Gasteiger partial charge in [0, 0.05) is 6.61 Å². The zero-order valence-corrected chi connectivity index (χ0v) is 13.5. The van der Waals surface area contributed by atoms with Crippen molar-refractivity contribution in [2.75, 3.05) is 6.61 Å². The van der Waals surface area contributed by atoms with Gasteiger partial charge in [0.2, 0.25) is 0 Å². The molecule has 0 spiro atoms. The van der Waals surface area contributed by atoms with E-state index in [0.717, 1.165) is 6.42 Å². The summed E-state index contributed by atoms with van der Waals surface area (Å²) in [6.45, 7) is 5.70. The normalized spacial score (nSPS) is 9.89. The van der Waals surface area contributed by atoms with Gasteiger partial charge in [0.05, 0.1) is 0 Å². The molecule has 0 aliphatic carbocycles. The minimum absolute atomic E-state index is 0.167. The Morgan fingerprint density at radius 3 is 1.21 bits per heavy atom. The van der Waals surface area contributed by atoms with Crippen LogP contribution in [0.4, 0.5) is 0 Å². The van der Waals surface area contributed by atoms with E-state index in [0.29, 0.717) is 6.61 Å². The van der Waals surface area contributed by atoms with Crippen LogP contribution in [0.2, 0.25) is 0 Å². The third-order valence-electron chi connectivity index (χ3n) is 3.01. The molecule has 0 saturated heterocycles. The van der Waals surface area contributed by atoms with E-state index < -0.39 is 0 Å². The largest absolute Gasteiger partial charge is 0.396 e. The molecular formula is C17H36O2. The summed E-state index contributed by atoms with van der Waals surface area (Å²) in [7, 11) is 0. The second-order valence-corrected chi connectivity index (χ2v) is 5.52. The van der Waals surface area contributed by atoms with Gasteiger partial charge in [0.15, 0.2) is 0 Å². The lowest BCUT2D eigenvalue weighted by atomic mass is 10.1. The van der Waals surface area contributed by atoms with Gasteiger partial charge in [-0.3, -0.25) is 0 Å². The third kappa shape index (κ3) is 31.8. The van der Waals surface area contributed by atoms with Crippen LogP contribution in [0.15, 0.2) is 0 Å². The van der Waals surface area contributed by atoms with Gasteiger partial charge < -0.3 is 9.90 Å². The second kappa shape index (κ2) is 20.0. The number of ketones is 1. The number of hydrogen-bond donors (Lipinski definition) is 1. The summed E-state index contributed by atoms with van der Waals surface area (Å²) >= 11 is 0. The van der Waals surface area contributed by atoms with Crippen molar-refractivity contribution in [3.63, 3.8) is 0 Å². The van der Waals surface area contributed by atoms with Crippen LogP contribution >= 0.6 is 0 Å². The summed E-state index contributed by atoms with van der Waals surface area (Å²) in [6, 6.07) is 0. The van der Waals surface area contributed by atoms with Crippen molar-refractivity contribution in [2.24, 2.45) is 0 Å². The molecule has 0 aromatic heterocycles. The summed E-state index contributed by atoms with van der Waals surface area (Å²) < 4.78 is 0. The van der Waals surface area contributed by atoms with E-state index in [-0.39, 0.29) is 5.78 Å². The fraction of sp³-hybridized carbons (Fsp3) is 0.941. The molecule has 19 heavy (non-hydrogen) atoms. The minimum atomic E-state index is 0.167.